The molecule has 1 aromatic carbocycles. The van der Waals surface area contributed by atoms with E-state index in [0.717, 1.165) is 29.9 Å². The molecule has 1 aliphatic rings. The number of nitrogen functional groups attached to an aromatic ring is 1. The molecule has 100 valence electrons. The molecule has 1 aliphatic heterocycles. The second-order valence-electron chi connectivity index (χ2n) is 5.37. The number of rotatable bonds is 2. The first-order chi connectivity index (χ1) is 9.22. The minimum absolute atomic E-state index is 0.533. The lowest BCUT2D eigenvalue weighted by Gasteiger charge is -2.28. The quantitative estimate of drug-likeness (QED) is 0.839. The van der Waals surface area contributed by atoms with E-state index in [1.54, 1.807) is 0 Å². The molecule has 0 amide bonds. The zero-order chi connectivity index (χ0) is 13.2. The highest BCUT2D eigenvalue weighted by Crippen LogP contribution is 2.25. The maximum Gasteiger partial charge on any atom is 0.0568 e. The summed E-state index contributed by atoms with van der Waals surface area (Å²) in [5.41, 5.74) is 8.91. The Morgan fingerprint density at radius 2 is 2.00 bits per heavy atom. The van der Waals surface area contributed by atoms with Gasteiger partial charge in [-0.25, -0.2) is 0 Å². The fourth-order valence-electron chi connectivity index (χ4n) is 2.66. The van der Waals surface area contributed by atoms with Crippen LogP contribution in [-0.2, 0) is 0 Å². The number of nitrogens with zero attached hydrogens (tertiary/aromatic N) is 3. The van der Waals surface area contributed by atoms with Crippen LogP contribution in [0.15, 0.2) is 36.7 Å². The van der Waals surface area contributed by atoms with E-state index in [0.29, 0.717) is 6.04 Å². The van der Waals surface area contributed by atoms with Gasteiger partial charge in [-0.1, -0.05) is 12.1 Å². The minimum atomic E-state index is 0.533. The Morgan fingerprint density at radius 3 is 2.74 bits per heavy atom. The Kier molecular flexibility index (Phi) is 3.25. The molecule has 3 rings (SSSR count). The Labute approximate surface area is 113 Å². The number of aromatic nitrogens is 2. The summed E-state index contributed by atoms with van der Waals surface area (Å²) in [4.78, 5) is 2.37. The van der Waals surface area contributed by atoms with Crippen molar-refractivity contribution in [1.29, 1.82) is 0 Å². The highest BCUT2D eigenvalue weighted by molar-refractivity contribution is 5.65. The molecule has 0 spiro atoms. The van der Waals surface area contributed by atoms with Crippen molar-refractivity contribution in [3.63, 3.8) is 0 Å². The Bertz CT molecular complexity index is 553. The van der Waals surface area contributed by atoms with E-state index in [4.69, 9.17) is 5.73 Å². The van der Waals surface area contributed by atoms with Crippen LogP contribution in [0.3, 0.4) is 0 Å². The molecule has 1 fully saturated rings. The first kappa shape index (κ1) is 12.2. The van der Waals surface area contributed by atoms with Gasteiger partial charge in [-0.15, -0.1) is 0 Å². The van der Waals surface area contributed by atoms with Gasteiger partial charge < -0.3 is 10.6 Å². The molecule has 2 heterocycles. The predicted octanol–water partition coefficient (Wildman–Crippen LogP) is 2.40. The number of piperidine rings is 1. The molecule has 0 bridgehead atoms. The normalized spacial score (nSPS) is 17.7. The van der Waals surface area contributed by atoms with Gasteiger partial charge in [0.1, 0.15) is 0 Å². The molecule has 19 heavy (non-hydrogen) atoms. The van der Waals surface area contributed by atoms with Crippen LogP contribution >= 0.6 is 0 Å². The Morgan fingerprint density at radius 1 is 1.21 bits per heavy atom. The lowest BCUT2D eigenvalue weighted by molar-refractivity contribution is 0.212. The highest BCUT2D eigenvalue weighted by Gasteiger charge is 2.18. The molecule has 1 saturated heterocycles. The van der Waals surface area contributed by atoms with Crippen LogP contribution in [0.5, 0.6) is 0 Å². The molecular weight excluding hydrogens is 236 g/mol. The summed E-state index contributed by atoms with van der Waals surface area (Å²) in [6, 6.07) is 8.50. The SMILES string of the molecule is CN1CCC(n2cc(-c3cccc(N)c3)cn2)CC1. The van der Waals surface area contributed by atoms with E-state index in [1.165, 1.54) is 12.8 Å². The van der Waals surface area contributed by atoms with Crippen LogP contribution in [0.25, 0.3) is 11.1 Å². The molecule has 0 saturated carbocycles. The third-order valence-electron chi connectivity index (χ3n) is 3.88. The van der Waals surface area contributed by atoms with Crippen molar-refractivity contribution >= 4 is 5.69 Å². The van der Waals surface area contributed by atoms with Crippen LogP contribution in [0, 0.1) is 0 Å². The largest absolute Gasteiger partial charge is 0.399 e. The monoisotopic (exact) mass is 256 g/mol. The summed E-state index contributed by atoms with van der Waals surface area (Å²) in [5.74, 6) is 0. The van der Waals surface area contributed by atoms with E-state index in [9.17, 15) is 0 Å². The van der Waals surface area contributed by atoms with Gasteiger partial charge in [-0.05, 0) is 50.7 Å². The molecule has 2 aromatic rings. The van der Waals surface area contributed by atoms with Crippen LogP contribution in [0.4, 0.5) is 5.69 Å². The van der Waals surface area contributed by atoms with E-state index in [-0.39, 0.29) is 0 Å². The van der Waals surface area contributed by atoms with Crippen LogP contribution in [0.1, 0.15) is 18.9 Å². The van der Waals surface area contributed by atoms with Gasteiger partial charge in [-0.2, -0.15) is 5.10 Å². The number of hydrogen-bond donors (Lipinski definition) is 1. The van der Waals surface area contributed by atoms with Gasteiger partial charge in [0.25, 0.3) is 0 Å². The van der Waals surface area contributed by atoms with E-state index >= 15 is 0 Å². The molecule has 0 unspecified atom stereocenters. The van der Waals surface area contributed by atoms with Crippen LogP contribution in [-0.4, -0.2) is 34.8 Å². The van der Waals surface area contributed by atoms with E-state index in [1.807, 2.05) is 24.4 Å². The zero-order valence-corrected chi connectivity index (χ0v) is 11.3. The number of hydrogen-bond acceptors (Lipinski definition) is 3. The van der Waals surface area contributed by atoms with Crippen molar-refractivity contribution in [2.24, 2.45) is 0 Å². The average molecular weight is 256 g/mol. The average Bonchev–Trinajstić information content (AvgIpc) is 2.89. The fraction of sp³-hybridized carbons (Fsp3) is 0.400. The first-order valence-corrected chi connectivity index (χ1v) is 6.81. The topological polar surface area (TPSA) is 47.1 Å². The van der Waals surface area contributed by atoms with Gasteiger partial charge in [0.15, 0.2) is 0 Å². The molecule has 0 radical (unpaired) electrons. The molecule has 0 aliphatic carbocycles. The lowest BCUT2D eigenvalue weighted by Crippen LogP contribution is -2.31. The van der Waals surface area contributed by atoms with Crippen molar-refractivity contribution < 1.29 is 0 Å². The molecule has 2 N–H and O–H groups in total. The summed E-state index contributed by atoms with van der Waals surface area (Å²) in [5, 5.41) is 4.53. The van der Waals surface area contributed by atoms with Crippen molar-refractivity contribution in [3.05, 3.63) is 36.7 Å². The van der Waals surface area contributed by atoms with E-state index in [2.05, 4.69) is 34.0 Å². The van der Waals surface area contributed by atoms with E-state index < -0.39 is 0 Å². The number of nitrogens with two attached hydrogens (primary N) is 1. The van der Waals surface area contributed by atoms with Crippen molar-refractivity contribution in [1.82, 2.24) is 14.7 Å². The first-order valence-electron chi connectivity index (χ1n) is 6.81. The zero-order valence-electron chi connectivity index (χ0n) is 11.3. The highest BCUT2D eigenvalue weighted by atomic mass is 15.3. The number of likely N-dealkylation sites (tertiary alicyclic amines) is 1. The minimum Gasteiger partial charge on any atom is -0.399 e. The predicted molar refractivity (Wildman–Crippen MR) is 77.8 cm³/mol. The third kappa shape index (κ3) is 2.63. The molecular formula is C15H20N4. The van der Waals surface area contributed by atoms with Gasteiger partial charge in [0, 0.05) is 17.4 Å². The second-order valence-corrected chi connectivity index (χ2v) is 5.37. The van der Waals surface area contributed by atoms with Gasteiger partial charge in [0.05, 0.1) is 12.2 Å². The number of anilines is 1. The Balaban J connectivity index is 1.80. The molecule has 0 atom stereocenters. The standard InChI is InChI=1S/C15H20N4/c1-18-7-5-15(6-8-18)19-11-13(10-17-19)12-3-2-4-14(16)9-12/h2-4,9-11,15H,5-8,16H2,1H3. The van der Waals surface area contributed by atoms with Crippen LogP contribution < -0.4 is 5.73 Å². The summed E-state index contributed by atoms with van der Waals surface area (Å²) in [6.45, 7) is 2.30. The smallest absolute Gasteiger partial charge is 0.0568 e. The van der Waals surface area contributed by atoms with Gasteiger partial charge in [0.2, 0.25) is 0 Å². The maximum absolute atomic E-state index is 5.83. The van der Waals surface area contributed by atoms with Gasteiger partial charge in [-0.3, -0.25) is 4.68 Å². The van der Waals surface area contributed by atoms with Crippen molar-refractivity contribution in [2.75, 3.05) is 25.9 Å². The molecule has 4 heteroatoms. The summed E-state index contributed by atoms with van der Waals surface area (Å²) >= 11 is 0. The summed E-state index contributed by atoms with van der Waals surface area (Å²) < 4.78 is 2.12. The second kappa shape index (κ2) is 5.05. The molecule has 1 aromatic heterocycles. The molecule has 4 nitrogen and oxygen atoms in total. The summed E-state index contributed by atoms with van der Waals surface area (Å²) in [7, 11) is 2.18. The fourth-order valence-corrected chi connectivity index (χ4v) is 2.66. The lowest BCUT2D eigenvalue weighted by atomic mass is 10.1. The number of benzene rings is 1. The van der Waals surface area contributed by atoms with Crippen LogP contribution in [0.2, 0.25) is 0 Å². The van der Waals surface area contributed by atoms with Crippen molar-refractivity contribution in [2.45, 2.75) is 18.9 Å². The maximum atomic E-state index is 5.83. The van der Waals surface area contributed by atoms with Crippen molar-refractivity contribution in [3.8, 4) is 11.1 Å². The summed E-state index contributed by atoms with van der Waals surface area (Å²) in [6.07, 6.45) is 6.43. The Hall–Kier alpha value is -1.81. The third-order valence-corrected chi connectivity index (χ3v) is 3.88. The van der Waals surface area contributed by atoms with Gasteiger partial charge >= 0.3 is 0 Å².